The number of ether oxygens (including phenoxy) is 2. The predicted molar refractivity (Wildman–Crippen MR) is 63.2 cm³/mol. The molecule has 0 saturated carbocycles. The van der Waals surface area contributed by atoms with Crippen LogP contribution in [0.3, 0.4) is 0 Å². The Morgan fingerprint density at radius 3 is 1.88 bits per heavy atom. The number of unbranched alkanes of at least 4 members (excludes halogenated alkanes) is 8. The molecule has 0 bridgehead atoms. The quantitative estimate of drug-likeness (QED) is 0.410. The molecular formula is C13H24O3. The van der Waals surface area contributed by atoms with Crippen molar-refractivity contribution in [2.75, 3.05) is 0 Å². The van der Waals surface area contributed by atoms with Gasteiger partial charge in [-0.05, 0) is 6.42 Å². The second-order valence-electron chi connectivity index (χ2n) is 4.53. The number of cyclic esters (lactones) is 2. The van der Waals surface area contributed by atoms with E-state index in [1.807, 2.05) is 0 Å². The fourth-order valence-electron chi connectivity index (χ4n) is 1.96. The van der Waals surface area contributed by atoms with Gasteiger partial charge in [0.25, 0.3) is 6.29 Å². The molecule has 1 saturated heterocycles. The first-order valence-corrected chi connectivity index (χ1v) is 6.70. The third-order valence-electron chi connectivity index (χ3n) is 3.00. The third kappa shape index (κ3) is 5.99. The van der Waals surface area contributed by atoms with Gasteiger partial charge in [0.05, 0.1) is 0 Å². The number of carbonyl (C=O) groups is 1. The van der Waals surface area contributed by atoms with Crippen molar-refractivity contribution >= 4 is 6.16 Å². The van der Waals surface area contributed by atoms with E-state index in [1.54, 1.807) is 0 Å². The van der Waals surface area contributed by atoms with Gasteiger partial charge in [-0.1, -0.05) is 58.3 Å². The van der Waals surface area contributed by atoms with Crippen molar-refractivity contribution in [2.24, 2.45) is 0 Å². The molecule has 0 spiro atoms. The Morgan fingerprint density at radius 2 is 1.38 bits per heavy atom. The van der Waals surface area contributed by atoms with Crippen LogP contribution in [0.1, 0.15) is 71.1 Å². The van der Waals surface area contributed by atoms with E-state index in [9.17, 15) is 4.79 Å². The molecule has 1 heterocycles. The summed E-state index contributed by atoms with van der Waals surface area (Å²) in [5.41, 5.74) is 0. The molecule has 3 heteroatoms. The highest BCUT2D eigenvalue weighted by Crippen LogP contribution is 2.18. The van der Waals surface area contributed by atoms with Gasteiger partial charge >= 0.3 is 6.16 Å². The predicted octanol–water partition coefficient (Wildman–Crippen LogP) is 4.40. The summed E-state index contributed by atoms with van der Waals surface area (Å²) in [7, 11) is 0. The van der Waals surface area contributed by atoms with Crippen LogP contribution in [-0.2, 0) is 9.47 Å². The maximum atomic E-state index is 10.3. The molecule has 0 aromatic carbocycles. The van der Waals surface area contributed by atoms with Crippen molar-refractivity contribution in [3.8, 4) is 0 Å². The smallest absolute Gasteiger partial charge is 0.394 e. The van der Waals surface area contributed by atoms with E-state index in [4.69, 9.17) is 9.47 Å². The molecule has 0 amide bonds. The molecular weight excluding hydrogens is 204 g/mol. The lowest BCUT2D eigenvalue weighted by Crippen LogP contribution is -2.35. The zero-order valence-electron chi connectivity index (χ0n) is 10.4. The normalized spacial score (nSPS) is 15.4. The monoisotopic (exact) mass is 228 g/mol. The third-order valence-corrected chi connectivity index (χ3v) is 3.00. The number of hydrogen-bond donors (Lipinski definition) is 0. The lowest BCUT2D eigenvalue weighted by molar-refractivity contribution is -0.185. The van der Waals surface area contributed by atoms with Gasteiger partial charge in [-0.2, -0.15) is 0 Å². The van der Waals surface area contributed by atoms with Crippen molar-refractivity contribution in [3.63, 3.8) is 0 Å². The second kappa shape index (κ2) is 8.43. The summed E-state index contributed by atoms with van der Waals surface area (Å²) in [4.78, 5) is 10.3. The summed E-state index contributed by atoms with van der Waals surface area (Å²) < 4.78 is 9.50. The van der Waals surface area contributed by atoms with Crippen LogP contribution in [-0.4, -0.2) is 12.4 Å². The molecule has 1 aliphatic heterocycles. The minimum atomic E-state index is -0.513. The van der Waals surface area contributed by atoms with Gasteiger partial charge in [0, 0.05) is 6.42 Å². The first-order valence-electron chi connectivity index (χ1n) is 6.70. The summed E-state index contributed by atoms with van der Waals surface area (Å²) in [5, 5.41) is 0. The molecule has 0 N–H and O–H groups in total. The number of hydrogen-bond acceptors (Lipinski definition) is 3. The highest BCUT2D eigenvalue weighted by Gasteiger charge is 2.28. The molecule has 0 aromatic heterocycles. The molecule has 0 atom stereocenters. The topological polar surface area (TPSA) is 35.5 Å². The van der Waals surface area contributed by atoms with E-state index < -0.39 is 6.16 Å². The molecule has 16 heavy (non-hydrogen) atoms. The van der Waals surface area contributed by atoms with Gasteiger partial charge in [-0.15, -0.1) is 0 Å². The van der Waals surface area contributed by atoms with Crippen molar-refractivity contribution in [1.82, 2.24) is 0 Å². The fraction of sp³-hybridized carbons (Fsp3) is 0.923. The van der Waals surface area contributed by atoms with Crippen LogP contribution in [0.15, 0.2) is 0 Å². The Balaban J connectivity index is 1.70. The number of rotatable bonds is 10. The molecule has 0 unspecified atom stereocenters. The Labute approximate surface area is 98.5 Å². The minimum absolute atomic E-state index is 0.239. The molecule has 94 valence electrons. The summed E-state index contributed by atoms with van der Waals surface area (Å²) in [6, 6.07) is 0. The highest BCUT2D eigenvalue weighted by molar-refractivity contribution is 5.63. The van der Waals surface area contributed by atoms with Gasteiger partial charge in [0.15, 0.2) is 0 Å². The molecule has 1 fully saturated rings. The first-order chi connectivity index (χ1) is 7.83. The Kier molecular flexibility index (Phi) is 7.02. The molecule has 3 nitrogen and oxygen atoms in total. The molecule has 0 aromatic rings. The maximum absolute atomic E-state index is 10.3. The van der Waals surface area contributed by atoms with Crippen LogP contribution in [0.4, 0.5) is 4.79 Å². The summed E-state index contributed by atoms with van der Waals surface area (Å²) in [5.74, 6) is 0. The Bertz CT molecular complexity index is 184. The van der Waals surface area contributed by atoms with E-state index in [2.05, 4.69) is 6.92 Å². The molecule has 1 rings (SSSR count). The van der Waals surface area contributed by atoms with Crippen LogP contribution in [0.25, 0.3) is 0 Å². The van der Waals surface area contributed by atoms with Crippen LogP contribution < -0.4 is 0 Å². The van der Waals surface area contributed by atoms with Crippen LogP contribution >= 0.6 is 0 Å². The summed E-state index contributed by atoms with van der Waals surface area (Å²) in [6.45, 7) is 2.25. The zero-order chi connectivity index (χ0) is 11.6. The molecule has 0 radical (unpaired) electrons. The van der Waals surface area contributed by atoms with Crippen LogP contribution in [0.2, 0.25) is 0 Å². The average molecular weight is 228 g/mol. The minimum Gasteiger partial charge on any atom is -0.394 e. The van der Waals surface area contributed by atoms with Gasteiger partial charge in [-0.25, -0.2) is 4.79 Å². The number of carbonyl (C=O) groups excluding carboxylic acids is 1. The van der Waals surface area contributed by atoms with Gasteiger partial charge < -0.3 is 9.47 Å². The summed E-state index contributed by atoms with van der Waals surface area (Å²) >= 11 is 0. The SMILES string of the molecule is CCCCCCCCCCCC1OC(=O)O1. The molecule has 0 aliphatic carbocycles. The van der Waals surface area contributed by atoms with Crippen molar-refractivity contribution in [3.05, 3.63) is 0 Å². The van der Waals surface area contributed by atoms with E-state index >= 15 is 0 Å². The molecule has 1 aliphatic rings. The Morgan fingerprint density at radius 1 is 0.875 bits per heavy atom. The maximum Gasteiger partial charge on any atom is 0.514 e. The van der Waals surface area contributed by atoms with Crippen LogP contribution in [0.5, 0.6) is 0 Å². The van der Waals surface area contributed by atoms with E-state index in [0.717, 1.165) is 12.8 Å². The lowest BCUT2D eigenvalue weighted by Gasteiger charge is -2.25. The largest absolute Gasteiger partial charge is 0.514 e. The van der Waals surface area contributed by atoms with Crippen LogP contribution in [0, 0.1) is 0 Å². The van der Waals surface area contributed by atoms with Gasteiger partial charge in [0.2, 0.25) is 0 Å². The fourth-order valence-corrected chi connectivity index (χ4v) is 1.96. The standard InChI is InChI=1S/C13H24O3/c1-2-3-4-5-6-7-8-9-10-11-12-15-13(14)16-12/h12H,2-11H2,1H3. The Hall–Kier alpha value is -0.730. The second-order valence-corrected chi connectivity index (χ2v) is 4.53. The van der Waals surface area contributed by atoms with E-state index in [0.29, 0.717) is 0 Å². The van der Waals surface area contributed by atoms with Gasteiger partial charge in [-0.3, -0.25) is 0 Å². The zero-order valence-corrected chi connectivity index (χ0v) is 10.4. The first kappa shape index (κ1) is 13.3. The van der Waals surface area contributed by atoms with Crippen molar-refractivity contribution < 1.29 is 14.3 Å². The van der Waals surface area contributed by atoms with E-state index in [1.165, 1.54) is 51.4 Å². The van der Waals surface area contributed by atoms with Crippen molar-refractivity contribution in [1.29, 1.82) is 0 Å². The lowest BCUT2D eigenvalue weighted by atomic mass is 10.1. The average Bonchev–Trinajstić information content (AvgIpc) is 2.24. The van der Waals surface area contributed by atoms with E-state index in [-0.39, 0.29) is 6.29 Å². The van der Waals surface area contributed by atoms with Gasteiger partial charge in [0.1, 0.15) is 0 Å². The van der Waals surface area contributed by atoms with Crippen molar-refractivity contribution in [2.45, 2.75) is 77.4 Å². The summed E-state index contributed by atoms with van der Waals surface area (Å²) in [6.07, 6.45) is 11.9. The highest BCUT2D eigenvalue weighted by atomic mass is 16.9.